The fraction of sp³-hybridized carbons (Fsp3) is 0.750. The maximum atomic E-state index is 10.1. The number of carbonyl (C=O) groups is 1. The van der Waals surface area contributed by atoms with E-state index < -0.39 is 0 Å². The highest BCUT2D eigenvalue weighted by molar-refractivity contribution is 5.68. The normalized spacial score (nSPS) is 21.4. The standard InChI is InChI=1S/C4H6O3/c5-4-2-1-3-6-7-4/h1-3H2. The van der Waals surface area contributed by atoms with Crippen molar-refractivity contribution < 1.29 is 14.6 Å². The molecule has 0 aromatic carbocycles. The lowest BCUT2D eigenvalue weighted by atomic mass is 10.3. The van der Waals surface area contributed by atoms with Crippen LogP contribution in [-0.4, -0.2) is 12.6 Å². The highest BCUT2D eigenvalue weighted by atomic mass is 17.2. The summed E-state index contributed by atoms with van der Waals surface area (Å²) in [6, 6.07) is 0. The van der Waals surface area contributed by atoms with E-state index in [0.717, 1.165) is 6.42 Å². The van der Waals surface area contributed by atoms with Gasteiger partial charge in [-0.1, -0.05) is 0 Å². The molecule has 0 amide bonds. The highest BCUT2D eigenvalue weighted by Crippen LogP contribution is 2.00. The zero-order valence-corrected chi connectivity index (χ0v) is 3.85. The Bertz CT molecular complexity index is 71.0. The lowest BCUT2D eigenvalue weighted by Gasteiger charge is -2.06. The van der Waals surface area contributed by atoms with E-state index in [4.69, 9.17) is 0 Å². The summed E-state index contributed by atoms with van der Waals surface area (Å²) in [5, 5.41) is 0. The van der Waals surface area contributed by atoms with Crippen molar-refractivity contribution in [3.8, 4) is 0 Å². The van der Waals surface area contributed by atoms with Crippen LogP contribution in [0.25, 0.3) is 0 Å². The molecule has 1 aliphatic heterocycles. The Morgan fingerprint density at radius 3 is 2.71 bits per heavy atom. The van der Waals surface area contributed by atoms with Crippen molar-refractivity contribution in [2.75, 3.05) is 6.61 Å². The van der Waals surface area contributed by atoms with Gasteiger partial charge in [0.2, 0.25) is 0 Å². The van der Waals surface area contributed by atoms with Crippen molar-refractivity contribution in [1.29, 1.82) is 0 Å². The average molecular weight is 102 g/mol. The van der Waals surface area contributed by atoms with Gasteiger partial charge in [0.05, 0.1) is 13.0 Å². The number of carbonyl (C=O) groups excluding carboxylic acids is 1. The topological polar surface area (TPSA) is 35.5 Å². The second-order valence-corrected chi connectivity index (χ2v) is 1.38. The fourth-order valence-electron chi connectivity index (χ4n) is 0.424. The first kappa shape index (κ1) is 4.59. The molecule has 0 unspecified atom stereocenters. The molecule has 0 atom stereocenters. The van der Waals surface area contributed by atoms with Crippen LogP contribution in [0.3, 0.4) is 0 Å². The molecule has 3 nitrogen and oxygen atoms in total. The van der Waals surface area contributed by atoms with Crippen LogP contribution < -0.4 is 0 Å². The Morgan fingerprint density at radius 1 is 1.57 bits per heavy atom. The van der Waals surface area contributed by atoms with E-state index in [0.29, 0.717) is 13.0 Å². The molecule has 0 radical (unpaired) electrons. The first-order valence-electron chi connectivity index (χ1n) is 2.22. The summed E-state index contributed by atoms with van der Waals surface area (Å²) in [6.07, 6.45) is 1.29. The van der Waals surface area contributed by atoms with Crippen molar-refractivity contribution in [2.45, 2.75) is 12.8 Å². The van der Waals surface area contributed by atoms with Crippen molar-refractivity contribution in [2.24, 2.45) is 0 Å². The largest absolute Gasteiger partial charge is 0.342 e. The number of hydrogen-bond acceptors (Lipinski definition) is 3. The lowest BCUT2D eigenvalue weighted by Crippen LogP contribution is -2.12. The third kappa shape index (κ3) is 1.16. The molecule has 40 valence electrons. The molecule has 1 aliphatic rings. The van der Waals surface area contributed by atoms with Gasteiger partial charge in [0.25, 0.3) is 0 Å². The molecule has 0 aliphatic carbocycles. The van der Waals surface area contributed by atoms with Crippen LogP contribution in [0.5, 0.6) is 0 Å². The lowest BCUT2D eigenvalue weighted by molar-refractivity contribution is -0.284. The molecule has 0 aromatic heterocycles. The second-order valence-electron chi connectivity index (χ2n) is 1.38. The summed E-state index contributed by atoms with van der Waals surface area (Å²) >= 11 is 0. The van der Waals surface area contributed by atoms with Crippen LogP contribution in [0.4, 0.5) is 0 Å². The Hall–Kier alpha value is -0.570. The van der Waals surface area contributed by atoms with Crippen LogP contribution in [0, 0.1) is 0 Å². The minimum atomic E-state index is -0.258. The molecule has 1 rings (SSSR count). The maximum Gasteiger partial charge on any atom is 0.342 e. The summed E-state index contributed by atoms with van der Waals surface area (Å²) in [5.41, 5.74) is 0. The molecule has 0 saturated carbocycles. The zero-order valence-electron chi connectivity index (χ0n) is 3.85. The van der Waals surface area contributed by atoms with Crippen molar-refractivity contribution in [1.82, 2.24) is 0 Å². The minimum absolute atomic E-state index is 0.258. The predicted molar refractivity (Wildman–Crippen MR) is 21.3 cm³/mol. The van der Waals surface area contributed by atoms with Gasteiger partial charge in [-0.05, 0) is 6.42 Å². The fourth-order valence-corrected chi connectivity index (χ4v) is 0.424. The van der Waals surface area contributed by atoms with Gasteiger partial charge in [-0.3, -0.25) is 4.89 Å². The van der Waals surface area contributed by atoms with E-state index in [1.807, 2.05) is 0 Å². The van der Waals surface area contributed by atoms with E-state index in [1.165, 1.54) is 0 Å². The molecule has 1 heterocycles. The number of hydrogen-bond donors (Lipinski definition) is 0. The molecule has 1 saturated heterocycles. The smallest absolute Gasteiger partial charge is 0.298 e. The molecular formula is C4H6O3. The molecule has 7 heavy (non-hydrogen) atoms. The van der Waals surface area contributed by atoms with E-state index in [-0.39, 0.29) is 5.97 Å². The van der Waals surface area contributed by atoms with E-state index >= 15 is 0 Å². The maximum absolute atomic E-state index is 10.1. The first-order chi connectivity index (χ1) is 3.39. The summed E-state index contributed by atoms with van der Waals surface area (Å²) in [7, 11) is 0. The molecular weight excluding hydrogens is 96.0 g/mol. The van der Waals surface area contributed by atoms with Gasteiger partial charge in [0, 0.05) is 0 Å². The molecule has 0 spiro atoms. The van der Waals surface area contributed by atoms with Gasteiger partial charge in [-0.15, -0.1) is 0 Å². The predicted octanol–water partition coefficient (Wildman–Crippen LogP) is 0.255. The third-order valence-electron chi connectivity index (χ3n) is 0.760. The van der Waals surface area contributed by atoms with Crippen LogP contribution in [0.1, 0.15) is 12.8 Å². The summed E-state index contributed by atoms with van der Waals surface area (Å²) in [5.74, 6) is -0.258. The van der Waals surface area contributed by atoms with Gasteiger partial charge in [0.1, 0.15) is 0 Å². The quantitative estimate of drug-likeness (QED) is 0.411. The van der Waals surface area contributed by atoms with Crippen LogP contribution in [0.2, 0.25) is 0 Å². The van der Waals surface area contributed by atoms with Crippen LogP contribution >= 0.6 is 0 Å². The van der Waals surface area contributed by atoms with Crippen molar-refractivity contribution >= 4 is 5.97 Å². The molecule has 3 heteroatoms. The highest BCUT2D eigenvalue weighted by Gasteiger charge is 2.08. The Balaban J connectivity index is 2.25. The summed E-state index contributed by atoms with van der Waals surface area (Å²) in [6.45, 7) is 0.547. The molecule has 1 fully saturated rings. The van der Waals surface area contributed by atoms with Gasteiger partial charge in [0.15, 0.2) is 0 Å². The van der Waals surface area contributed by atoms with Gasteiger partial charge >= 0.3 is 5.97 Å². The SMILES string of the molecule is O=C1CCCOO1. The second kappa shape index (κ2) is 1.93. The van der Waals surface area contributed by atoms with E-state index in [9.17, 15) is 4.79 Å². The molecule has 0 aromatic rings. The van der Waals surface area contributed by atoms with Gasteiger partial charge in [-0.2, -0.15) is 4.89 Å². The van der Waals surface area contributed by atoms with Crippen LogP contribution in [0.15, 0.2) is 0 Å². The molecule has 0 bridgehead atoms. The van der Waals surface area contributed by atoms with Crippen molar-refractivity contribution in [3.05, 3.63) is 0 Å². The zero-order chi connectivity index (χ0) is 5.11. The number of rotatable bonds is 0. The average Bonchev–Trinajstić information content (AvgIpc) is 1.69. The van der Waals surface area contributed by atoms with Crippen LogP contribution in [-0.2, 0) is 14.6 Å². The van der Waals surface area contributed by atoms with E-state index in [2.05, 4.69) is 9.78 Å². The summed E-state index contributed by atoms with van der Waals surface area (Å²) in [4.78, 5) is 18.6. The third-order valence-corrected chi connectivity index (χ3v) is 0.760. The first-order valence-corrected chi connectivity index (χ1v) is 2.22. The monoisotopic (exact) mass is 102 g/mol. The molecule has 0 N–H and O–H groups in total. The minimum Gasteiger partial charge on any atom is -0.298 e. The Labute approximate surface area is 41.1 Å². The van der Waals surface area contributed by atoms with Crippen molar-refractivity contribution in [3.63, 3.8) is 0 Å². The summed E-state index contributed by atoms with van der Waals surface area (Å²) < 4.78 is 0. The van der Waals surface area contributed by atoms with Gasteiger partial charge < -0.3 is 0 Å². The van der Waals surface area contributed by atoms with E-state index in [1.54, 1.807) is 0 Å². The van der Waals surface area contributed by atoms with Gasteiger partial charge in [-0.25, -0.2) is 4.79 Å². The Kier molecular flexibility index (Phi) is 1.26. The Morgan fingerprint density at radius 2 is 2.43 bits per heavy atom.